The molecule has 1 aliphatic rings. The molecule has 0 fully saturated rings. The van der Waals surface area contributed by atoms with E-state index in [1.54, 1.807) is 0 Å². The number of ether oxygens (including phenoxy) is 1. The number of benzene rings is 1. The van der Waals surface area contributed by atoms with E-state index in [0.29, 0.717) is 13.0 Å². The number of anilines is 1. The van der Waals surface area contributed by atoms with Gasteiger partial charge in [-0.1, -0.05) is 15.9 Å². The van der Waals surface area contributed by atoms with E-state index in [-0.39, 0.29) is 30.7 Å². The Labute approximate surface area is 149 Å². The molecule has 0 aromatic heterocycles. The van der Waals surface area contributed by atoms with Crippen LogP contribution in [0.4, 0.5) is 5.69 Å². The average Bonchev–Trinajstić information content (AvgIpc) is 2.72. The van der Waals surface area contributed by atoms with Crippen LogP contribution < -0.4 is 10.2 Å². The molecule has 2 amide bonds. The number of hydrogen-bond donors (Lipinski definition) is 1. The fourth-order valence-electron chi connectivity index (χ4n) is 2.73. The molecule has 7 heteroatoms. The molecule has 0 saturated heterocycles. The molecule has 1 aromatic carbocycles. The summed E-state index contributed by atoms with van der Waals surface area (Å²) < 4.78 is 5.44. The Kier molecular flexibility index (Phi) is 5.64. The lowest BCUT2D eigenvalue weighted by Gasteiger charge is -2.20. The van der Waals surface area contributed by atoms with Crippen molar-refractivity contribution in [2.24, 2.45) is 0 Å². The van der Waals surface area contributed by atoms with Crippen LogP contribution in [0.15, 0.2) is 22.7 Å². The highest BCUT2D eigenvalue weighted by Gasteiger charge is 2.44. The van der Waals surface area contributed by atoms with Crippen molar-refractivity contribution in [2.45, 2.75) is 32.1 Å². The summed E-state index contributed by atoms with van der Waals surface area (Å²) in [4.78, 5) is 37.3. The van der Waals surface area contributed by atoms with E-state index in [1.165, 1.54) is 12.0 Å². The standard InChI is InChI=1S/C17H21BrN2O4/c1-17(2)12-9-11(18)6-7-13(12)20(16(17)23)10-14(21)19-8-4-5-15(22)24-3/h6-7,9H,4-5,8,10H2,1-3H3,(H,19,21). The number of nitrogens with one attached hydrogen (secondary N) is 1. The molecule has 6 nitrogen and oxygen atoms in total. The first-order valence-electron chi connectivity index (χ1n) is 7.73. The number of methoxy groups -OCH3 is 1. The minimum Gasteiger partial charge on any atom is -0.469 e. The van der Waals surface area contributed by atoms with Gasteiger partial charge in [-0.2, -0.15) is 0 Å². The zero-order chi connectivity index (χ0) is 17.9. The molecule has 1 N–H and O–H groups in total. The minimum absolute atomic E-state index is 0.0326. The molecule has 0 atom stereocenters. The van der Waals surface area contributed by atoms with Crippen molar-refractivity contribution in [3.63, 3.8) is 0 Å². The number of carbonyl (C=O) groups excluding carboxylic acids is 3. The summed E-state index contributed by atoms with van der Waals surface area (Å²) in [6, 6.07) is 5.62. The third-order valence-corrected chi connectivity index (χ3v) is 4.61. The predicted molar refractivity (Wildman–Crippen MR) is 93.8 cm³/mol. The van der Waals surface area contributed by atoms with Crippen LogP contribution >= 0.6 is 15.9 Å². The second-order valence-corrected chi connectivity index (χ2v) is 7.12. The Morgan fingerprint density at radius 1 is 1.33 bits per heavy atom. The first-order chi connectivity index (χ1) is 11.3. The number of amides is 2. The Morgan fingerprint density at radius 3 is 2.71 bits per heavy atom. The predicted octanol–water partition coefficient (Wildman–Crippen LogP) is 2.14. The molecule has 1 aliphatic heterocycles. The fraction of sp³-hybridized carbons (Fsp3) is 0.471. The molecule has 24 heavy (non-hydrogen) atoms. The van der Waals surface area contributed by atoms with E-state index in [2.05, 4.69) is 26.0 Å². The molecule has 0 aliphatic carbocycles. The number of rotatable bonds is 6. The Morgan fingerprint density at radius 2 is 2.04 bits per heavy atom. The first-order valence-corrected chi connectivity index (χ1v) is 8.52. The van der Waals surface area contributed by atoms with Crippen LogP contribution in [0.3, 0.4) is 0 Å². The topological polar surface area (TPSA) is 75.7 Å². The fourth-order valence-corrected chi connectivity index (χ4v) is 3.09. The van der Waals surface area contributed by atoms with Crippen molar-refractivity contribution in [1.29, 1.82) is 0 Å². The summed E-state index contributed by atoms with van der Waals surface area (Å²) in [5.74, 6) is -0.652. The van der Waals surface area contributed by atoms with Gasteiger partial charge in [-0.25, -0.2) is 0 Å². The quantitative estimate of drug-likeness (QED) is 0.590. The zero-order valence-electron chi connectivity index (χ0n) is 14.0. The SMILES string of the molecule is COC(=O)CCCNC(=O)CN1C(=O)C(C)(C)c2cc(Br)ccc21. The maximum Gasteiger partial charge on any atom is 0.305 e. The summed E-state index contributed by atoms with van der Waals surface area (Å²) in [6.07, 6.45) is 0.755. The lowest BCUT2D eigenvalue weighted by atomic mass is 9.86. The molecule has 0 saturated carbocycles. The van der Waals surface area contributed by atoms with E-state index >= 15 is 0 Å². The van der Waals surface area contributed by atoms with Gasteiger partial charge in [-0.3, -0.25) is 14.4 Å². The normalized spacial score (nSPS) is 15.2. The highest BCUT2D eigenvalue weighted by molar-refractivity contribution is 9.10. The number of esters is 1. The van der Waals surface area contributed by atoms with Gasteiger partial charge in [0.25, 0.3) is 0 Å². The van der Waals surface area contributed by atoms with Gasteiger partial charge in [0, 0.05) is 23.1 Å². The molecule has 0 spiro atoms. The van der Waals surface area contributed by atoms with Gasteiger partial charge in [-0.05, 0) is 44.0 Å². The number of carbonyl (C=O) groups is 3. The van der Waals surface area contributed by atoms with Gasteiger partial charge >= 0.3 is 5.97 Å². The summed E-state index contributed by atoms with van der Waals surface area (Å²) in [5.41, 5.74) is 1.00. The lowest BCUT2D eigenvalue weighted by Crippen LogP contribution is -2.43. The van der Waals surface area contributed by atoms with E-state index in [9.17, 15) is 14.4 Å². The summed E-state index contributed by atoms with van der Waals surface area (Å²) in [5, 5.41) is 2.73. The maximum absolute atomic E-state index is 12.7. The number of halogens is 1. The minimum atomic E-state index is -0.662. The van der Waals surface area contributed by atoms with Gasteiger partial charge < -0.3 is 15.0 Å². The second kappa shape index (κ2) is 7.34. The van der Waals surface area contributed by atoms with Crippen molar-refractivity contribution in [3.05, 3.63) is 28.2 Å². The Hall–Kier alpha value is -1.89. The highest BCUT2D eigenvalue weighted by Crippen LogP contribution is 2.42. The number of nitrogens with zero attached hydrogens (tertiary/aromatic N) is 1. The van der Waals surface area contributed by atoms with Crippen LogP contribution in [-0.4, -0.2) is 38.0 Å². The molecular weight excluding hydrogens is 376 g/mol. The van der Waals surface area contributed by atoms with Crippen LogP contribution in [0.2, 0.25) is 0 Å². The molecular formula is C17H21BrN2O4. The van der Waals surface area contributed by atoms with Crippen LogP contribution in [0.25, 0.3) is 0 Å². The summed E-state index contributed by atoms with van der Waals surface area (Å²) in [6.45, 7) is 4.05. The van der Waals surface area contributed by atoms with E-state index in [4.69, 9.17) is 0 Å². The van der Waals surface area contributed by atoms with Crippen LogP contribution in [-0.2, 0) is 24.5 Å². The highest BCUT2D eigenvalue weighted by atomic mass is 79.9. The summed E-state index contributed by atoms with van der Waals surface area (Å²) >= 11 is 3.42. The maximum atomic E-state index is 12.7. The molecule has 0 unspecified atom stereocenters. The van der Waals surface area contributed by atoms with Gasteiger partial charge in [-0.15, -0.1) is 0 Å². The van der Waals surface area contributed by atoms with Gasteiger partial charge in [0.1, 0.15) is 6.54 Å². The zero-order valence-corrected chi connectivity index (χ0v) is 15.6. The molecule has 0 radical (unpaired) electrons. The lowest BCUT2D eigenvalue weighted by molar-refractivity contribution is -0.140. The Balaban J connectivity index is 1.99. The monoisotopic (exact) mass is 396 g/mol. The first kappa shape index (κ1) is 18.4. The van der Waals surface area contributed by atoms with Gasteiger partial charge in [0.05, 0.1) is 12.5 Å². The van der Waals surface area contributed by atoms with Crippen molar-refractivity contribution in [1.82, 2.24) is 5.32 Å². The van der Waals surface area contributed by atoms with Gasteiger partial charge in [0.15, 0.2) is 0 Å². The summed E-state index contributed by atoms with van der Waals surface area (Å²) in [7, 11) is 1.33. The largest absolute Gasteiger partial charge is 0.469 e. The third kappa shape index (κ3) is 3.77. The van der Waals surface area contributed by atoms with Crippen LogP contribution in [0, 0.1) is 0 Å². The van der Waals surface area contributed by atoms with Crippen molar-refractivity contribution in [3.8, 4) is 0 Å². The second-order valence-electron chi connectivity index (χ2n) is 6.21. The molecule has 1 aromatic rings. The van der Waals surface area contributed by atoms with Crippen LogP contribution in [0.5, 0.6) is 0 Å². The third-order valence-electron chi connectivity index (χ3n) is 4.11. The molecule has 0 bridgehead atoms. The van der Waals surface area contributed by atoms with E-state index < -0.39 is 5.41 Å². The average molecular weight is 397 g/mol. The van der Waals surface area contributed by atoms with Crippen LogP contribution in [0.1, 0.15) is 32.3 Å². The number of hydrogen-bond acceptors (Lipinski definition) is 4. The van der Waals surface area contributed by atoms with E-state index in [0.717, 1.165) is 15.7 Å². The Bertz CT molecular complexity index is 673. The molecule has 2 rings (SSSR count). The van der Waals surface area contributed by atoms with Crippen molar-refractivity contribution in [2.75, 3.05) is 25.1 Å². The van der Waals surface area contributed by atoms with E-state index in [1.807, 2.05) is 32.0 Å². The smallest absolute Gasteiger partial charge is 0.305 e. The number of fused-ring (bicyclic) bond motifs is 1. The van der Waals surface area contributed by atoms with Crippen molar-refractivity contribution >= 4 is 39.4 Å². The van der Waals surface area contributed by atoms with Gasteiger partial charge in [0.2, 0.25) is 11.8 Å². The molecule has 1 heterocycles. The van der Waals surface area contributed by atoms with Crippen molar-refractivity contribution < 1.29 is 19.1 Å². The molecule has 130 valence electrons.